The van der Waals surface area contributed by atoms with Crippen LogP contribution in [0.25, 0.3) is 0 Å². The molecule has 0 atom stereocenters. The van der Waals surface area contributed by atoms with Gasteiger partial charge in [-0.25, -0.2) is 4.90 Å². The van der Waals surface area contributed by atoms with E-state index in [2.05, 4.69) is 22.6 Å². The molecule has 0 aromatic heterocycles. The molecule has 1 aliphatic heterocycles. The summed E-state index contributed by atoms with van der Waals surface area (Å²) in [6, 6.07) is 7.57. The van der Waals surface area contributed by atoms with Crippen molar-refractivity contribution in [2.75, 3.05) is 4.90 Å². The van der Waals surface area contributed by atoms with Gasteiger partial charge in [0.15, 0.2) is 0 Å². The molecule has 0 unspecified atom stereocenters. The van der Waals surface area contributed by atoms with E-state index in [1.165, 1.54) is 4.90 Å². The van der Waals surface area contributed by atoms with Crippen molar-refractivity contribution < 1.29 is 9.59 Å². The van der Waals surface area contributed by atoms with Crippen molar-refractivity contribution >= 4 is 40.1 Å². The van der Waals surface area contributed by atoms with Crippen LogP contribution in [-0.2, 0) is 9.59 Å². The van der Waals surface area contributed by atoms with Crippen molar-refractivity contribution in [3.63, 3.8) is 0 Å². The molecule has 1 saturated carbocycles. The first-order chi connectivity index (χ1) is 8.64. The molecule has 1 heterocycles. The van der Waals surface area contributed by atoms with Crippen molar-refractivity contribution in [3.05, 3.63) is 27.8 Å². The van der Waals surface area contributed by atoms with Crippen molar-refractivity contribution in [2.45, 2.75) is 32.1 Å². The molecular weight excluding hydrogens is 341 g/mol. The highest BCUT2D eigenvalue weighted by atomic mass is 127. The van der Waals surface area contributed by atoms with Gasteiger partial charge in [0.2, 0.25) is 11.8 Å². The summed E-state index contributed by atoms with van der Waals surface area (Å²) in [5, 5.41) is 0. The summed E-state index contributed by atoms with van der Waals surface area (Å²) in [5.74, 6) is -0.0138. The lowest BCUT2D eigenvalue weighted by molar-refractivity contribution is -0.125. The molecule has 1 aromatic rings. The normalized spacial score (nSPS) is 22.2. The summed E-state index contributed by atoms with van der Waals surface area (Å²) in [5.41, 5.74) is 0.368. The summed E-state index contributed by atoms with van der Waals surface area (Å²) in [7, 11) is 0. The van der Waals surface area contributed by atoms with Gasteiger partial charge < -0.3 is 0 Å². The monoisotopic (exact) mass is 355 g/mol. The van der Waals surface area contributed by atoms with Crippen LogP contribution in [0.5, 0.6) is 0 Å². The van der Waals surface area contributed by atoms with Crippen molar-refractivity contribution in [2.24, 2.45) is 5.41 Å². The molecule has 18 heavy (non-hydrogen) atoms. The van der Waals surface area contributed by atoms with Crippen LogP contribution in [0.1, 0.15) is 32.1 Å². The van der Waals surface area contributed by atoms with Crippen LogP contribution in [0.3, 0.4) is 0 Å². The minimum atomic E-state index is -0.379. The highest BCUT2D eigenvalue weighted by molar-refractivity contribution is 14.1. The quantitative estimate of drug-likeness (QED) is 0.574. The number of hydrogen-bond acceptors (Lipinski definition) is 2. The van der Waals surface area contributed by atoms with Crippen LogP contribution in [0.2, 0.25) is 0 Å². The van der Waals surface area contributed by atoms with Crippen LogP contribution in [0.15, 0.2) is 24.3 Å². The molecule has 1 spiro atoms. The summed E-state index contributed by atoms with van der Waals surface area (Å²) in [6.45, 7) is 0. The molecule has 3 rings (SSSR count). The Morgan fingerprint density at radius 2 is 1.78 bits per heavy atom. The maximum absolute atomic E-state index is 12.6. The lowest BCUT2D eigenvalue weighted by Crippen LogP contribution is -2.34. The minimum absolute atomic E-state index is 0.0223. The van der Waals surface area contributed by atoms with E-state index < -0.39 is 0 Å². The molecule has 1 aromatic carbocycles. The molecule has 2 fully saturated rings. The Bertz CT molecular complexity index is 520. The average molecular weight is 355 g/mol. The molecule has 0 bridgehead atoms. The molecule has 0 radical (unpaired) electrons. The first-order valence-electron chi connectivity index (χ1n) is 6.26. The van der Waals surface area contributed by atoms with Gasteiger partial charge in [0, 0.05) is 9.99 Å². The zero-order chi connectivity index (χ0) is 12.8. The standard InChI is InChI=1S/C14H14INO2/c15-10-5-1-2-6-11(10)16-12(17)9-14(13(16)18)7-3-4-8-14/h1-2,5-6H,3-4,7-9H2. The van der Waals surface area contributed by atoms with Crippen molar-refractivity contribution in [1.29, 1.82) is 0 Å². The van der Waals surface area contributed by atoms with Gasteiger partial charge >= 0.3 is 0 Å². The zero-order valence-electron chi connectivity index (χ0n) is 9.99. The van der Waals surface area contributed by atoms with E-state index in [0.29, 0.717) is 6.42 Å². The minimum Gasteiger partial charge on any atom is -0.274 e. The van der Waals surface area contributed by atoms with Gasteiger partial charge in [0.05, 0.1) is 11.1 Å². The fourth-order valence-electron chi connectivity index (χ4n) is 3.11. The number of halogens is 1. The highest BCUT2D eigenvalue weighted by Gasteiger charge is 2.53. The number of imide groups is 1. The van der Waals surface area contributed by atoms with E-state index in [9.17, 15) is 9.59 Å². The Hall–Kier alpha value is -0.910. The van der Waals surface area contributed by atoms with Gasteiger partial charge in [0.25, 0.3) is 0 Å². The van der Waals surface area contributed by atoms with Crippen LogP contribution < -0.4 is 4.90 Å². The first-order valence-corrected chi connectivity index (χ1v) is 7.34. The van der Waals surface area contributed by atoms with Gasteiger partial charge in [-0.05, 0) is 47.6 Å². The maximum atomic E-state index is 12.6. The zero-order valence-corrected chi connectivity index (χ0v) is 12.1. The number of carbonyl (C=O) groups excluding carboxylic acids is 2. The molecule has 1 aliphatic carbocycles. The first kappa shape index (κ1) is 12.1. The van der Waals surface area contributed by atoms with Gasteiger partial charge in [-0.1, -0.05) is 25.0 Å². The second kappa shape index (κ2) is 4.33. The third-order valence-electron chi connectivity index (χ3n) is 4.05. The second-order valence-corrected chi connectivity index (χ2v) is 6.31. The van der Waals surface area contributed by atoms with Gasteiger partial charge in [-0.15, -0.1) is 0 Å². The molecular formula is C14H14INO2. The number of carbonyl (C=O) groups is 2. The summed E-state index contributed by atoms with van der Waals surface area (Å²) in [6.07, 6.45) is 4.28. The fraction of sp³-hybridized carbons (Fsp3) is 0.429. The number of benzene rings is 1. The Balaban J connectivity index is 2.01. The predicted molar refractivity (Wildman–Crippen MR) is 77.2 cm³/mol. The van der Waals surface area contributed by atoms with Crippen molar-refractivity contribution in [3.8, 4) is 0 Å². The maximum Gasteiger partial charge on any atom is 0.240 e. The van der Waals surface area contributed by atoms with E-state index in [0.717, 1.165) is 34.9 Å². The number of nitrogens with zero attached hydrogens (tertiary/aromatic N) is 1. The Morgan fingerprint density at radius 3 is 2.44 bits per heavy atom. The Morgan fingerprint density at radius 1 is 1.11 bits per heavy atom. The van der Waals surface area contributed by atoms with Crippen molar-refractivity contribution in [1.82, 2.24) is 0 Å². The van der Waals surface area contributed by atoms with E-state index in [-0.39, 0.29) is 17.2 Å². The smallest absolute Gasteiger partial charge is 0.240 e. The lowest BCUT2D eigenvalue weighted by Gasteiger charge is -2.21. The predicted octanol–water partition coefficient (Wildman–Crippen LogP) is 3.11. The summed E-state index contributed by atoms with van der Waals surface area (Å²) < 4.78 is 0.951. The van der Waals surface area contributed by atoms with Crippen LogP contribution in [0.4, 0.5) is 5.69 Å². The number of hydrogen-bond donors (Lipinski definition) is 0. The van der Waals surface area contributed by atoms with E-state index in [1.807, 2.05) is 24.3 Å². The highest BCUT2D eigenvalue weighted by Crippen LogP contribution is 2.48. The number of rotatable bonds is 1. The number of amides is 2. The third kappa shape index (κ3) is 1.69. The number of anilines is 1. The molecule has 1 saturated heterocycles. The molecule has 3 nitrogen and oxygen atoms in total. The largest absolute Gasteiger partial charge is 0.274 e. The average Bonchev–Trinajstić information content (AvgIpc) is 2.89. The molecule has 2 amide bonds. The fourth-order valence-corrected chi connectivity index (χ4v) is 3.74. The van der Waals surface area contributed by atoms with Crippen LogP contribution >= 0.6 is 22.6 Å². The van der Waals surface area contributed by atoms with Crippen LogP contribution in [0, 0.1) is 8.99 Å². The Labute approximate surface area is 120 Å². The van der Waals surface area contributed by atoms with Gasteiger partial charge in [-0.2, -0.15) is 0 Å². The summed E-state index contributed by atoms with van der Waals surface area (Å²) >= 11 is 2.18. The van der Waals surface area contributed by atoms with Gasteiger partial charge in [-0.3, -0.25) is 9.59 Å². The van der Waals surface area contributed by atoms with E-state index in [1.54, 1.807) is 0 Å². The van der Waals surface area contributed by atoms with Crippen LogP contribution in [-0.4, -0.2) is 11.8 Å². The summed E-state index contributed by atoms with van der Waals surface area (Å²) in [4.78, 5) is 26.2. The SMILES string of the molecule is O=C1CC2(CCCC2)C(=O)N1c1ccccc1I. The third-order valence-corrected chi connectivity index (χ3v) is 4.96. The lowest BCUT2D eigenvalue weighted by atomic mass is 9.84. The molecule has 94 valence electrons. The van der Waals surface area contributed by atoms with E-state index in [4.69, 9.17) is 0 Å². The number of para-hydroxylation sites is 1. The second-order valence-electron chi connectivity index (χ2n) is 5.15. The topological polar surface area (TPSA) is 37.4 Å². The van der Waals surface area contributed by atoms with Gasteiger partial charge in [0.1, 0.15) is 0 Å². The Kier molecular flexibility index (Phi) is 2.92. The molecule has 0 N–H and O–H groups in total. The molecule has 4 heteroatoms. The molecule has 2 aliphatic rings. The van der Waals surface area contributed by atoms with E-state index >= 15 is 0 Å².